The smallest absolute Gasteiger partial charge is 0.0484 e. The maximum absolute atomic E-state index is 6.07. The fourth-order valence-corrected chi connectivity index (χ4v) is 2.51. The van der Waals surface area contributed by atoms with Crippen LogP contribution in [-0.4, -0.2) is 4.57 Å². The Hall–Kier alpha value is -0.950. The third-order valence-corrected chi connectivity index (χ3v) is 3.54. The van der Waals surface area contributed by atoms with Gasteiger partial charge in [0.25, 0.3) is 0 Å². The SMILES string of the molecule is CCCCCn1cc(CC)c2cc(Cl)ccc21. The lowest BCUT2D eigenvalue weighted by Crippen LogP contribution is -1.95. The van der Waals surface area contributed by atoms with Gasteiger partial charge in [-0.15, -0.1) is 0 Å². The number of aromatic nitrogens is 1. The highest BCUT2D eigenvalue weighted by Crippen LogP contribution is 2.25. The first-order valence-electron chi connectivity index (χ1n) is 6.53. The standard InChI is InChI=1S/C15H20ClN/c1-3-5-6-9-17-11-12(4-2)14-10-13(16)7-8-15(14)17/h7-8,10-11H,3-6,9H2,1-2H3. The fourth-order valence-electron chi connectivity index (χ4n) is 2.34. The number of hydrogen-bond acceptors (Lipinski definition) is 0. The van der Waals surface area contributed by atoms with Crippen LogP contribution in [0, 0.1) is 0 Å². The summed E-state index contributed by atoms with van der Waals surface area (Å²) in [7, 11) is 0. The van der Waals surface area contributed by atoms with Crippen molar-refractivity contribution in [1.29, 1.82) is 0 Å². The van der Waals surface area contributed by atoms with Gasteiger partial charge in [-0.1, -0.05) is 38.3 Å². The van der Waals surface area contributed by atoms with Crippen LogP contribution in [0.5, 0.6) is 0 Å². The summed E-state index contributed by atoms with van der Waals surface area (Å²) >= 11 is 6.07. The monoisotopic (exact) mass is 249 g/mol. The normalized spacial score (nSPS) is 11.2. The van der Waals surface area contributed by atoms with E-state index in [0.717, 1.165) is 18.0 Å². The first kappa shape index (κ1) is 12.5. The molecule has 0 saturated heterocycles. The van der Waals surface area contributed by atoms with Crippen molar-refractivity contribution < 1.29 is 0 Å². The van der Waals surface area contributed by atoms with Crippen LogP contribution < -0.4 is 0 Å². The van der Waals surface area contributed by atoms with Crippen LogP contribution in [0.4, 0.5) is 0 Å². The van der Waals surface area contributed by atoms with Gasteiger partial charge >= 0.3 is 0 Å². The van der Waals surface area contributed by atoms with Crippen molar-refractivity contribution in [3.63, 3.8) is 0 Å². The molecule has 2 heteroatoms. The average molecular weight is 250 g/mol. The van der Waals surface area contributed by atoms with Crippen LogP contribution in [0.3, 0.4) is 0 Å². The van der Waals surface area contributed by atoms with Gasteiger partial charge in [-0.25, -0.2) is 0 Å². The van der Waals surface area contributed by atoms with E-state index in [1.165, 1.54) is 35.7 Å². The summed E-state index contributed by atoms with van der Waals surface area (Å²) in [5.41, 5.74) is 2.72. The minimum atomic E-state index is 0.832. The van der Waals surface area contributed by atoms with E-state index in [4.69, 9.17) is 11.6 Å². The van der Waals surface area contributed by atoms with E-state index in [0.29, 0.717) is 0 Å². The van der Waals surface area contributed by atoms with Crippen molar-refractivity contribution in [3.05, 3.63) is 35.0 Å². The largest absolute Gasteiger partial charge is 0.347 e. The second-order valence-electron chi connectivity index (χ2n) is 4.57. The molecule has 0 bridgehead atoms. The molecule has 0 amide bonds. The molecule has 0 N–H and O–H groups in total. The predicted octanol–water partition coefficient (Wildman–Crippen LogP) is 5.05. The van der Waals surface area contributed by atoms with Crippen molar-refractivity contribution in [2.45, 2.75) is 46.1 Å². The van der Waals surface area contributed by atoms with E-state index >= 15 is 0 Å². The molecule has 1 nitrogen and oxygen atoms in total. The van der Waals surface area contributed by atoms with Crippen LogP contribution in [0.15, 0.2) is 24.4 Å². The number of benzene rings is 1. The first-order chi connectivity index (χ1) is 8.26. The lowest BCUT2D eigenvalue weighted by atomic mass is 10.1. The molecule has 0 spiro atoms. The molecule has 1 heterocycles. The van der Waals surface area contributed by atoms with Gasteiger partial charge in [0.1, 0.15) is 0 Å². The van der Waals surface area contributed by atoms with E-state index in [1.807, 2.05) is 6.07 Å². The zero-order chi connectivity index (χ0) is 12.3. The minimum Gasteiger partial charge on any atom is -0.347 e. The lowest BCUT2D eigenvalue weighted by molar-refractivity contribution is 0.615. The lowest BCUT2D eigenvalue weighted by Gasteiger charge is -2.04. The van der Waals surface area contributed by atoms with Gasteiger partial charge in [0.15, 0.2) is 0 Å². The Morgan fingerprint density at radius 2 is 2.00 bits per heavy atom. The Morgan fingerprint density at radius 3 is 2.71 bits per heavy atom. The van der Waals surface area contributed by atoms with Crippen LogP contribution >= 0.6 is 11.6 Å². The zero-order valence-electron chi connectivity index (χ0n) is 10.7. The van der Waals surface area contributed by atoms with Gasteiger partial charge in [-0.05, 0) is 36.6 Å². The Labute approximate surface area is 108 Å². The van der Waals surface area contributed by atoms with Crippen molar-refractivity contribution in [2.24, 2.45) is 0 Å². The second-order valence-corrected chi connectivity index (χ2v) is 5.01. The molecule has 0 aliphatic carbocycles. The molecule has 1 aromatic heterocycles. The highest BCUT2D eigenvalue weighted by atomic mass is 35.5. The molecule has 0 saturated carbocycles. The summed E-state index contributed by atoms with van der Waals surface area (Å²) in [4.78, 5) is 0. The molecule has 2 rings (SSSR count). The number of aryl methyl sites for hydroxylation is 2. The highest BCUT2D eigenvalue weighted by Gasteiger charge is 2.07. The van der Waals surface area contributed by atoms with Gasteiger partial charge in [-0.2, -0.15) is 0 Å². The van der Waals surface area contributed by atoms with Crippen LogP contribution in [0.25, 0.3) is 10.9 Å². The average Bonchev–Trinajstić information content (AvgIpc) is 2.67. The molecule has 0 radical (unpaired) electrons. The van der Waals surface area contributed by atoms with Crippen LogP contribution in [0.1, 0.15) is 38.7 Å². The van der Waals surface area contributed by atoms with Gasteiger partial charge in [0, 0.05) is 28.7 Å². The molecule has 0 unspecified atom stereocenters. The Bertz CT molecular complexity index is 499. The Kier molecular flexibility index (Phi) is 4.11. The quantitative estimate of drug-likeness (QED) is 0.654. The number of rotatable bonds is 5. The van der Waals surface area contributed by atoms with E-state index in [1.54, 1.807) is 0 Å². The molecule has 92 valence electrons. The first-order valence-corrected chi connectivity index (χ1v) is 6.91. The number of unbranched alkanes of at least 4 members (excludes halogenated alkanes) is 2. The van der Waals surface area contributed by atoms with Gasteiger partial charge in [0.05, 0.1) is 0 Å². The van der Waals surface area contributed by atoms with Crippen molar-refractivity contribution >= 4 is 22.5 Å². The van der Waals surface area contributed by atoms with Crippen molar-refractivity contribution in [1.82, 2.24) is 4.57 Å². The summed E-state index contributed by atoms with van der Waals surface area (Å²) in [5, 5.41) is 2.15. The summed E-state index contributed by atoms with van der Waals surface area (Å²) in [6.07, 6.45) is 7.18. The molecule has 0 fully saturated rings. The third kappa shape index (κ3) is 2.66. The number of fused-ring (bicyclic) bond motifs is 1. The van der Waals surface area contributed by atoms with E-state index in [-0.39, 0.29) is 0 Å². The number of nitrogens with zero attached hydrogens (tertiary/aromatic N) is 1. The predicted molar refractivity (Wildman–Crippen MR) is 75.9 cm³/mol. The fraction of sp³-hybridized carbons (Fsp3) is 0.467. The molecule has 0 aliphatic rings. The minimum absolute atomic E-state index is 0.832. The summed E-state index contributed by atoms with van der Waals surface area (Å²) in [6.45, 7) is 5.56. The molecular formula is C15H20ClN. The maximum atomic E-state index is 6.07. The van der Waals surface area contributed by atoms with E-state index in [9.17, 15) is 0 Å². The summed E-state index contributed by atoms with van der Waals surface area (Å²) in [5.74, 6) is 0. The van der Waals surface area contributed by atoms with Gasteiger partial charge < -0.3 is 4.57 Å². The molecule has 2 aromatic rings. The van der Waals surface area contributed by atoms with Crippen LogP contribution in [0.2, 0.25) is 5.02 Å². The number of halogens is 1. The molecule has 0 atom stereocenters. The van der Waals surface area contributed by atoms with Crippen molar-refractivity contribution in [3.8, 4) is 0 Å². The topological polar surface area (TPSA) is 4.93 Å². The van der Waals surface area contributed by atoms with E-state index in [2.05, 4.69) is 36.7 Å². The maximum Gasteiger partial charge on any atom is 0.0484 e. The Morgan fingerprint density at radius 1 is 1.18 bits per heavy atom. The summed E-state index contributed by atoms with van der Waals surface area (Å²) < 4.78 is 2.38. The van der Waals surface area contributed by atoms with E-state index < -0.39 is 0 Å². The number of hydrogen-bond donors (Lipinski definition) is 0. The Balaban J connectivity index is 2.35. The molecule has 0 aliphatic heterocycles. The summed E-state index contributed by atoms with van der Waals surface area (Å²) in [6, 6.07) is 6.22. The molecule has 1 aromatic carbocycles. The van der Waals surface area contributed by atoms with Crippen molar-refractivity contribution in [2.75, 3.05) is 0 Å². The zero-order valence-corrected chi connectivity index (χ0v) is 11.4. The van der Waals surface area contributed by atoms with Crippen LogP contribution in [-0.2, 0) is 13.0 Å². The highest BCUT2D eigenvalue weighted by molar-refractivity contribution is 6.31. The third-order valence-electron chi connectivity index (χ3n) is 3.31. The second kappa shape index (κ2) is 5.59. The molecular weight excluding hydrogens is 230 g/mol. The molecule has 17 heavy (non-hydrogen) atoms. The van der Waals surface area contributed by atoms with Gasteiger partial charge in [-0.3, -0.25) is 0 Å². The van der Waals surface area contributed by atoms with Gasteiger partial charge in [0.2, 0.25) is 0 Å².